The Labute approximate surface area is 79.4 Å². The summed E-state index contributed by atoms with van der Waals surface area (Å²) >= 11 is 0. The van der Waals surface area contributed by atoms with E-state index in [9.17, 15) is 0 Å². The van der Waals surface area contributed by atoms with Gasteiger partial charge in [0, 0.05) is 5.56 Å². The van der Waals surface area contributed by atoms with Crippen LogP contribution in [0.1, 0.15) is 38.7 Å². The van der Waals surface area contributed by atoms with Gasteiger partial charge in [0.05, 0.1) is 12.5 Å². The van der Waals surface area contributed by atoms with Crippen molar-refractivity contribution in [2.45, 2.75) is 33.1 Å². The molecule has 0 unspecified atom stereocenters. The van der Waals surface area contributed by atoms with Crippen LogP contribution in [0, 0.1) is 5.41 Å². The van der Waals surface area contributed by atoms with Gasteiger partial charge >= 0.3 is 0 Å². The molecule has 0 aliphatic heterocycles. The van der Waals surface area contributed by atoms with E-state index >= 15 is 0 Å². The Balaban J connectivity index is 2.22. The molecule has 0 spiro atoms. The first-order valence-corrected chi connectivity index (χ1v) is 4.89. The van der Waals surface area contributed by atoms with E-state index in [1.807, 2.05) is 12.3 Å². The Morgan fingerprint density at radius 2 is 2.23 bits per heavy atom. The number of rotatable bonds is 1. The van der Waals surface area contributed by atoms with Gasteiger partial charge in [-0.1, -0.05) is 19.9 Å². The zero-order valence-electron chi connectivity index (χ0n) is 8.34. The highest BCUT2D eigenvalue weighted by Gasteiger charge is 2.23. The van der Waals surface area contributed by atoms with E-state index in [0.29, 0.717) is 5.41 Å². The molecule has 0 atom stereocenters. The van der Waals surface area contributed by atoms with Crippen LogP contribution in [-0.4, -0.2) is 0 Å². The van der Waals surface area contributed by atoms with Gasteiger partial charge < -0.3 is 4.42 Å². The quantitative estimate of drug-likeness (QED) is 0.633. The van der Waals surface area contributed by atoms with Crippen molar-refractivity contribution in [3.05, 3.63) is 30.2 Å². The average molecular weight is 176 g/mol. The number of allylic oxidation sites excluding steroid dienone is 2. The molecule has 0 fully saturated rings. The van der Waals surface area contributed by atoms with E-state index in [1.54, 1.807) is 6.26 Å². The van der Waals surface area contributed by atoms with Crippen molar-refractivity contribution in [2.75, 3.05) is 0 Å². The standard InChI is InChI=1S/C12H16O/c1-12(2)6-3-4-10(8-12)11-5-7-13-9-11/h4-5,7,9H,3,6,8H2,1-2H3. The molecule has 1 nitrogen and oxygen atoms in total. The lowest BCUT2D eigenvalue weighted by atomic mass is 9.76. The highest BCUT2D eigenvalue weighted by molar-refractivity contribution is 5.65. The highest BCUT2D eigenvalue weighted by atomic mass is 16.3. The molecule has 0 amide bonds. The van der Waals surface area contributed by atoms with Crippen molar-refractivity contribution >= 4 is 5.57 Å². The van der Waals surface area contributed by atoms with E-state index in [-0.39, 0.29) is 0 Å². The minimum absolute atomic E-state index is 0.460. The van der Waals surface area contributed by atoms with Crippen LogP contribution in [0.5, 0.6) is 0 Å². The Morgan fingerprint density at radius 1 is 1.38 bits per heavy atom. The molecule has 1 aliphatic carbocycles. The molecule has 1 heteroatoms. The third-order valence-electron chi connectivity index (χ3n) is 2.77. The minimum Gasteiger partial charge on any atom is -0.472 e. The average Bonchev–Trinajstić information content (AvgIpc) is 2.53. The Hall–Kier alpha value is -0.980. The lowest BCUT2D eigenvalue weighted by molar-refractivity contribution is 0.338. The zero-order valence-corrected chi connectivity index (χ0v) is 8.34. The van der Waals surface area contributed by atoms with Crippen LogP contribution < -0.4 is 0 Å². The summed E-state index contributed by atoms with van der Waals surface area (Å²) in [5, 5.41) is 0. The maximum absolute atomic E-state index is 5.10. The summed E-state index contributed by atoms with van der Waals surface area (Å²) in [4.78, 5) is 0. The summed E-state index contributed by atoms with van der Waals surface area (Å²) in [5.41, 5.74) is 3.17. The van der Waals surface area contributed by atoms with Gasteiger partial charge in [-0.2, -0.15) is 0 Å². The zero-order chi connectivity index (χ0) is 9.31. The molecular formula is C12H16O. The van der Waals surface area contributed by atoms with Gasteiger partial charge in [0.25, 0.3) is 0 Å². The van der Waals surface area contributed by atoms with Gasteiger partial charge in [0.1, 0.15) is 0 Å². The molecule has 0 saturated carbocycles. The summed E-state index contributed by atoms with van der Waals surface area (Å²) in [6.45, 7) is 4.67. The molecule has 1 aliphatic rings. The van der Waals surface area contributed by atoms with E-state index in [1.165, 1.54) is 30.4 Å². The van der Waals surface area contributed by atoms with Gasteiger partial charge in [-0.15, -0.1) is 0 Å². The second-order valence-corrected chi connectivity index (χ2v) is 4.62. The molecule has 13 heavy (non-hydrogen) atoms. The van der Waals surface area contributed by atoms with E-state index in [4.69, 9.17) is 4.42 Å². The fourth-order valence-electron chi connectivity index (χ4n) is 1.98. The Bertz CT molecular complexity index is 304. The van der Waals surface area contributed by atoms with Crippen LogP contribution in [-0.2, 0) is 0 Å². The predicted molar refractivity (Wildman–Crippen MR) is 54.3 cm³/mol. The minimum atomic E-state index is 0.460. The molecule has 1 aromatic rings. The molecule has 70 valence electrons. The lowest BCUT2D eigenvalue weighted by Crippen LogP contribution is -2.14. The molecule has 0 radical (unpaired) electrons. The van der Waals surface area contributed by atoms with Crippen LogP contribution in [0.4, 0.5) is 0 Å². The molecule has 1 heterocycles. The number of hydrogen-bond donors (Lipinski definition) is 0. The van der Waals surface area contributed by atoms with Crippen molar-refractivity contribution in [1.82, 2.24) is 0 Å². The van der Waals surface area contributed by atoms with Crippen molar-refractivity contribution in [1.29, 1.82) is 0 Å². The first-order chi connectivity index (χ1) is 6.17. The molecule has 0 bridgehead atoms. The second-order valence-electron chi connectivity index (χ2n) is 4.62. The van der Waals surface area contributed by atoms with Gasteiger partial charge in [-0.3, -0.25) is 0 Å². The molecule has 0 saturated heterocycles. The van der Waals surface area contributed by atoms with Crippen molar-refractivity contribution in [2.24, 2.45) is 5.41 Å². The molecule has 1 aromatic heterocycles. The monoisotopic (exact) mass is 176 g/mol. The first kappa shape index (κ1) is 8.61. The highest BCUT2D eigenvalue weighted by Crippen LogP contribution is 2.39. The number of hydrogen-bond acceptors (Lipinski definition) is 1. The maximum atomic E-state index is 5.10. The summed E-state index contributed by atoms with van der Waals surface area (Å²) < 4.78 is 5.10. The van der Waals surface area contributed by atoms with E-state index in [2.05, 4.69) is 19.9 Å². The fraction of sp³-hybridized carbons (Fsp3) is 0.500. The van der Waals surface area contributed by atoms with Crippen LogP contribution in [0.3, 0.4) is 0 Å². The normalized spacial score (nSPS) is 21.2. The molecule has 0 aromatic carbocycles. The van der Waals surface area contributed by atoms with Crippen LogP contribution in [0.25, 0.3) is 5.57 Å². The molecule has 0 N–H and O–H groups in total. The third-order valence-corrected chi connectivity index (χ3v) is 2.77. The molecule has 2 rings (SSSR count). The Kier molecular flexibility index (Phi) is 2.03. The van der Waals surface area contributed by atoms with Crippen molar-refractivity contribution in [3.8, 4) is 0 Å². The molecular weight excluding hydrogens is 160 g/mol. The van der Waals surface area contributed by atoms with Crippen LogP contribution >= 0.6 is 0 Å². The SMILES string of the molecule is CC1(C)CCC=C(c2ccoc2)C1. The fourth-order valence-corrected chi connectivity index (χ4v) is 1.98. The predicted octanol–water partition coefficient (Wildman–Crippen LogP) is 3.87. The Morgan fingerprint density at radius 3 is 2.85 bits per heavy atom. The number of furan rings is 1. The smallest absolute Gasteiger partial charge is 0.0977 e. The van der Waals surface area contributed by atoms with Gasteiger partial charge in [0.2, 0.25) is 0 Å². The van der Waals surface area contributed by atoms with Crippen LogP contribution in [0.15, 0.2) is 29.1 Å². The largest absolute Gasteiger partial charge is 0.472 e. The lowest BCUT2D eigenvalue weighted by Gasteiger charge is -2.29. The third kappa shape index (κ3) is 1.85. The summed E-state index contributed by atoms with van der Waals surface area (Å²) in [5.74, 6) is 0. The van der Waals surface area contributed by atoms with Gasteiger partial charge in [-0.25, -0.2) is 0 Å². The second kappa shape index (κ2) is 3.06. The van der Waals surface area contributed by atoms with Gasteiger partial charge in [0.15, 0.2) is 0 Å². The topological polar surface area (TPSA) is 13.1 Å². The first-order valence-electron chi connectivity index (χ1n) is 4.89. The summed E-state index contributed by atoms with van der Waals surface area (Å²) in [7, 11) is 0. The summed E-state index contributed by atoms with van der Waals surface area (Å²) in [6.07, 6.45) is 9.61. The maximum Gasteiger partial charge on any atom is 0.0977 e. The van der Waals surface area contributed by atoms with Crippen LogP contribution in [0.2, 0.25) is 0 Å². The summed E-state index contributed by atoms with van der Waals surface area (Å²) in [6, 6.07) is 2.05. The van der Waals surface area contributed by atoms with E-state index < -0.39 is 0 Å². The van der Waals surface area contributed by atoms with Crippen molar-refractivity contribution in [3.63, 3.8) is 0 Å². The van der Waals surface area contributed by atoms with E-state index in [0.717, 1.165) is 0 Å². The van der Waals surface area contributed by atoms with Gasteiger partial charge in [-0.05, 0) is 36.3 Å². The van der Waals surface area contributed by atoms with Crippen molar-refractivity contribution < 1.29 is 4.42 Å².